The highest BCUT2D eigenvalue weighted by molar-refractivity contribution is 8.02. The van der Waals surface area contributed by atoms with Gasteiger partial charge in [-0.05, 0) is 29.7 Å². The summed E-state index contributed by atoms with van der Waals surface area (Å²) in [6.45, 7) is 0. The molecule has 1 amide bonds. The van der Waals surface area contributed by atoms with E-state index in [2.05, 4.69) is 5.32 Å². The van der Waals surface area contributed by atoms with Crippen LogP contribution in [0.3, 0.4) is 0 Å². The summed E-state index contributed by atoms with van der Waals surface area (Å²) in [4.78, 5) is 12.6. The summed E-state index contributed by atoms with van der Waals surface area (Å²) >= 11 is 7.43. The normalized spacial score (nSPS) is 10.6. The Morgan fingerprint density at radius 3 is 2.47 bits per heavy atom. The highest BCUT2D eigenvalue weighted by Gasteiger charge is 1.98. The summed E-state index contributed by atoms with van der Waals surface area (Å²) in [5.41, 5.74) is 0.778. The lowest BCUT2D eigenvalue weighted by Gasteiger charge is -2.01. The second kappa shape index (κ2) is 7.02. The van der Waals surface area contributed by atoms with Gasteiger partial charge in [-0.1, -0.05) is 53.7 Å². The first kappa shape index (κ1) is 13.7. The molecule has 0 aliphatic carbocycles. The van der Waals surface area contributed by atoms with Crippen LogP contribution in [0, 0.1) is 0 Å². The number of para-hydroxylation sites is 1. The molecule has 0 radical (unpaired) electrons. The molecular formula is C15H12ClNOS. The van der Waals surface area contributed by atoms with E-state index in [1.807, 2.05) is 54.6 Å². The fourth-order valence-electron chi connectivity index (χ4n) is 1.41. The average molecular weight is 290 g/mol. The van der Waals surface area contributed by atoms with Gasteiger partial charge in [0.1, 0.15) is 0 Å². The van der Waals surface area contributed by atoms with Crippen LogP contribution in [0.4, 0.5) is 5.69 Å². The van der Waals surface area contributed by atoms with E-state index in [1.165, 1.54) is 17.8 Å². The molecule has 2 nitrogen and oxygen atoms in total. The Morgan fingerprint density at radius 1 is 1.05 bits per heavy atom. The Morgan fingerprint density at radius 2 is 1.74 bits per heavy atom. The quantitative estimate of drug-likeness (QED) is 0.659. The number of hydrogen-bond acceptors (Lipinski definition) is 2. The Hall–Kier alpha value is -1.71. The summed E-state index contributed by atoms with van der Waals surface area (Å²) in [6, 6.07) is 16.8. The topological polar surface area (TPSA) is 29.1 Å². The lowest BCUT2D eigenvalue weighted by atomic mass is 10.3. The largest absolute Gasteiger partial charge is 0.322 e. The van der Waals surface area contributed by atoms with Crippen LogP contribution in [-0.4, -0.2) is 5.91 Å². The van der Waals surface area contributed by atoms with Crippen molar-refractivity contribution in [1.29, 1.82) is 0 Å². The maximum absolute atomic E-state index is 11.6. The molecule has 0 fully saturated rings. The van der Waals surface area contributed by atoms with Gasteiger partial charge in [0.15, 0.2) is 0 Å². The maximum atomic E-state index is 11.6. The van der Waals surface area contributed by atoms with Gasteiger partial charge in [0.25, 0.3) is 0 Å². The van der Waals surface area contributed by atoms with Crippen LogP contribution in [-0.2, 0) is 4.79 Å². The zero-order chi connectivity index (χ0) is 13.5. The van der Waals surface area contributed by atoms with Gasteiger partial charge >= 0.3 is 0 Å². The molecule has 0 saturated heterocycles. The Bertz CT molecular complexity index is 584. The zero-order valence-corrected chi connectivity index (χ0v) is 11.6. The molecule has 4 heteroatoms. The van der Waals surface area contributed by atoms with E-state index in [0.717, 1.165) is 10.6 Å². The first-order valence-electron chi connectivity index (χ1n) is 5.69. The first-order chi connectivity index (χ1) is 9.25. The van der Waals surface area contributed by atoms with Gasteiger partial charge < -0.3 is 5.32 Å². The SMILES string of the molecule is O=C(/C=C/Sc1ccccc1Cl)Nc1ccccc1. The molecule has 1 N–H and O–H groups in total. The smallest absolute Gasteiger partial charge is 0.248 e. The van der Waals surface area contributed by atoms with Crippen molar-refractivity contribution in [3.8, 4) is 0 Å². The third-order valence-electron chi connectivity index (χ3n) is 2.29. The van der Waals surface area contributed by atoms with Crippen LogP contribution < -0.4 is 5.32 Å². The van der Waals surface area contributed by atoms with Crippen molar-refractivity contribution in [1.82, 2.24) is 0 Å². The van der Waals surface area contributed by atoms with Gasteiger partial charge in [0.05, 0.1) is 5.02 Å². The van der Waals surface area contributed by atoms with Crippen LogP contribution in [0.15, 0.2) is 71.0 Å². The summed E-state index contributed by atoms with van der Waals surface area (Å²) in [5, 5.41) is 5.17. The van der Waals surface area contributed by atoms with Gasteiger partial charge in [0, 0.05) is 16.7 Å². The minimum absolute atomic E-state index is 0.161. The van der Waals surface area contributed by atoms with E-state index in [4.69, 9.17) is 11.6 Å². The standard InChI is InChI=1S/C15H12ClNOS/c16-13-8-4-5-9-14(13)19-11-10-15(18)17-12-6-2-1-3-7-12/h1-11H,(H,17,18)/b11-10+. The van der Waals surface area contributed by atoms with E-state index >= 15 is 0 Å². The predicted molar refractivity (Wildman–Crippen MR) is 81.5 cm³/mol. The number of hydrogen-bond donors (Lipinski definition) is 1. The third kappa shape index (κ3) is 4.47. The number of benzene rings is 2. The average Bonchev–Trinajstić information content (AvgIpc) is 2.42. The molecule has 0 heterocycles. The lowest BCUT2D eigenvalue weighted by molar-refractivity contribution is -0.111. The van der Waals surface area contributed by atoms with Gasteiger partial charge in [-0.2, -0.15) is 0 Å². The molecule has 0 atom stereocenters. The minimum atomic E-state index is -0.161. The van der Waals surface area contributed by atoms with E-state index in [0.29, 0.717) is 5.02 Å². The predicted octanol–water partition coefficient (Wildman–Crippen LogP) is 4.58. The summed E-state index contributed by atoms with van der Waals surface area (Å²) in [5.74, 6) is -0.161. The van der Waals surface area contributed by atoms with Crippen molar-refractivity contribution in [2.24, 2.45) is 0 Å². The maximum Gasteiger partial charge on any atom is 0.248 e. The van der Waals surface area contributed by atoms with Crippen molar-refractivity contribution in [2.45, 2.75) is 4.90 Å². The number of halogens is 1. The summed E-state index contributed by atoms with van der Waals surface area (Å²) < 4.78 is 0. The van der Waals surface area contributed by atoms with Crippen molar-refractivity contribution >= 4 is 35.0 Å². The first-order valence-corrected chi connectivity index (χ1v) is 6.95. The molecule has 2 aromatic carbocycles. The lowest BCUT2D eigenvalue weighted by Crippen LogP contribution is -2.07. The van der Waals surface area contributed by atoms with E-state index < -0.39 is 0 Å². The Labute approximate surface area is 121 Å². The fraction of sp³-hybridized carbons (Fsp3) is 0. The molecule has 2 aromatic rings. The van der Waals surface area contributed by atoms with Crippen molar-refractivity contribution in [3.63, 3.8) is 0 Å². The van der Waals surface area contributed by atoms with Gasteiger partial charge in [-0.3, -0.25) is 4.79 Å². The molecule has 0 spiro atoms. The van der Waals surface area contributed by atoms with Crippen molar-refractivity contribution in [3.05, 3.63) is 71.1 Å². The molecular weight excluding hydrogens is 278 g/mol. The summed E-state index contributed by atoms with van der Waals surface area (Å²) in [6.07, 6.45) is 1.49. The van der Waals surface area contributed by atoms with Crippen LogP contribution in [0.5, 0.6) is 0 Å². The Kier molecular flexibility index (Phi) is 5.07. The number of carbonyl (C=O) groups excluding carboxylic acids is 1. The Balaban J connectivity index is 1.89. The van der Waals surface area contributed by atoms with Crippen LogP contribution in [0.2, 0.25) is 5.02 Å². The molecule has 0 aliphatic heterocycles. The van der Waals surface area contributed by atoms with Crippen LogP contribution >= 0.6 is 23.4 Å². The monoisotopic (exact) mass is 289 g/mol. The van der Waals surface area contributed by atoms with Gasteiger partial charge in [-0.15, -0.1) is 0 Å². The number of amides is 1. The number of rotatable bonds is 4. The van der Waals surface area contributed by atoms with Crippen molar-refractivity contribution in [2.75, 3.05) is 5.32 Å². The highest BCUT2D eigenvalue weighted by atomic mass is 35.5. The van der Waals surface area contributed by atoms with Gasteiger partial charge in [-0.25, -0.2) is 0 Å². The molecule has 0 bridgehead atoms. The third-order valence-corrected chi connectivity index (χ3v) is 3.62. The molecule has 2 rings (SSSR count). The second-order valence-electron chi connectivity index (χ2n) is 3.71. The number of nitrogens with one attached hydrogen (secondary N) is 1. The molecule has 0 saturated carbocycles. The van der Waals surface area contributed by atoms with E-state index in [-0.39, 0.29) is 5.91 Å². The highest BCUT2D eigenvalue weighted by Crippen LogP contribution is 2.27. The molecule has 0 unspecified atom stereocenters. The van der Waals surface area contributed by atoms with Crippen LogP contribution in [0.1, 0.15) is 0 Å². The molecule has 0 aliphatic rings. The van der Waals surface area contributed by atoms with E-state index in [1.54, 1.807) is 5.41 Å². The number of anilines is 1. The summed E-state index contributed by atoms with van der Waals surface area (Å²) in [7, 11) is 0. The van der Waals surface area contributed by atoms with E-state index in [9.17, 15) is 4.79 Å². The molecule has 0 aromatic heterocycles. The van der Waals surface area contributed by atoms with Crippen molar-refractivity contribution < 1.29 is 4.79 Å². The number of carbonyl (C=O) groups is 1. The zero-order valence-electron chi connectivity index (χ0n) is 10.0. The fourth-order valence-corrected chi connectivity index (χ4v) is 2.36. The molecule has 96 valence electrons. The minimum Gasteiger partial charge on any atom is -0.322 e. The second-order valence-corrected chi connectivity index (χ2v) is 5.06. The van der Waals surface area contributed by atoms with Gasteiger partial charge in [0.2, 0.25) is 5.91 Å². The molecule has 19 heavy (non-hydrogen) atoms. The van der Waals surface area contributed by atoms with Crippen LogP contribution in [0.25, 0.3) is 0 Å². The number of thioether (sulfide) groups is 1.